The molecule has 0 fully saturated rings. The number of rotatable bonds is 5. The highest BCUT2D eigenvalue weighted by Crippen LogP contribution is 2.40. The second kappa shape index (κ2) is 13.4. The highest BCUT2D eigenvalue weighted by atomic mass is 16.3. The fraction of sp³-hybridized carbons (Fsp3) is 0.0233. The number of nitrogens with zero attached hydrogens (tertiary/aromatic N) is 1. The van der Waals surface area contributed by atoms with Gasteiger partial charge in [0.25, 0.3) is 0 Å². The van der Waals surface area contributed by atoms with Crippen molar-refractivity contribution in [3.8, 4) is 11.1 Å². The standard InChI is InChI=1S/C43H33N3O/c1-30-16-6-2-13-23-34(28-29-35(30)31-17-7-3-8-18-31)43(46-42(44)33-21-11-5-12-22-33)45-37-25-15-27-39-41(37)40-36(24-14-26-38(40)47-39)32-19-9-4-10-20-32/h2-22,24-29H,1,23H2,(H2,44,45,46)/b13-2-,16-6-,34-28+,35-29+. The summed E-state index contributed by atoms with van der Waals surface area (Å²) in [7, 11) is 0. The molecule has 5 aromatic carbocycles. The van der Waals surface area contributed by atoms with Gasteiger partial charge in [0.2, 0.25) is 0 Å². The Hall–Kier alpha value is -6.26. The van der Waals surface area contributed by atoms with Crippen LogP contribution in [-0.4, -0.2) is 11.7 Å². The molecule has 1 heterocycles. The first-order valence-electron chi connectivity index (χ1n) is 15.6. The fourth-order valence-corrected chi connectivity index (χ4v) is 5.88. The Balaban J connectivity index is 1.41. The monoisotopic (exact) mass is 607 g/mol. The van der Waals surface area contributed by atoms with Gasteiger partial charge in [-0.3, -0.25) is 5.41 Å². The van der Waals surface area contributed by atoms with Crippen LogP contribution in [0.4, 0.5) is 5.69 Å². The van der Waals surface area contributed by atoms with E-state index in [1.54, 1.807) is 0 Å². The van der Waals surface area contributed by atoms with E-state index in [9.17, 15) is 0 Å². The minimum Gasteiger partial charge on any atom is -0.456 e. The van der Waals surface area contributed by atoms with Gasteiger partial charge in [0.05, 0.1) is 11.1 Å². The highest BCUT2D eigenvalue weighted by Gasteiger charge is 2.18. The van der Waals surface area contributed by atoms with E-state index in [1.165, 1.54) is 0 Å². The molecular weight excluding hydrogens is 574 g/mol. The summed E-state index contributed by atoms with van der Waals surface area (Å²) in [6.45, 7) is 4.35. The van der Waals surface area contributed by atoms with Crippen LogP contribution in [0.25, 0.3) is 38.6 Å². The first-order valence-corrected chi connectivity index (χ1v) is 15.6. The van der Waals surface area contributed by atoms with Crippen LogP contribution in [0.2, 0.25) is 0 Å². The number of nitrogens with one attached hydrogen (secondary N) is 2. The van der Waals surface area contributed by atoms with Crippen LogP contribution >= 0.6 is 0 Å². The number of hydrogen-bond acceptors (Lipinski definition) is 2. The number of furan rings is 1. The van der Waals surface area contributed by atoms with Crippen LogP contribution in [0.5, 0.6) is 0 Å². The number of benzene rings is 5. The van der Waals surface area contributed by atoms with Gasteiger partial charge in [-0.15, -0.1) is 0 Å². The summed E-state index contributed by atoms with van der Waals surface area (Å²) in [5.41, 5.74) is 9.30. The molecule has 4 nitrogen and oxygen atoms in total. The molecule has 7 rings (SSSR count). The summed E-state index contributed by atoms with van der Waals surface area (Å²) in [6, 6.07) is 42.4. The highest BCUT2D eigenvalue weighted by molar-refractivity contribution is 6.22. The van der Waals surface area contributed by atoms with Crippen molar-refractivity contribution >= 4 is 44.9 Å². The number of amidine groups is 2. The number of fused-ring (bicyclic) bond motifs is 3. The van der Waals surface area contributed by atoms with Crippen molar-refractivity contribution in [3.63, 3.8) is 0 Å². The van der Waals surface area contributed by atoms with Gasteiger partial charge in [-0.05, 0) is 58.0 Å². The predicted molar refractivity (Wildman–Crippen MR) is 198 cm³/mol. The average Bonchev–Trinajstić information content (AvgIpc) is 3.51. The normalized spacial score (nSPS) is 17.4. The zero-order valence-corrected chi connectivity index (χ0v) is 25.9. The van der Waals surface area contributed by atoms with Gasteiger partial charge in [-0.2, -0.15) is 0 Å². The third-order valence-electron chi connectivity index (χ3n) is 8.20. The lowest BCUT2D eigenvalue weighted by Crippen LogP contribution is -2.17. The van der Waals surface area contributed by atoms with E-state index in [4.69, 9.17) is 14.8 Å². The quantitative estimate of drug-likeness (QED) is 0.151. The van der Waals surface area contributed by atoms with E-state index < -0.39 is 0 Å². The molecule has 1 aromatic heterocycles. The molecule has 0 amide bonds. The minimum atomic E-state index is 0.167. The second-order valence-corrected chi connectivity index (χ2v) is 11.3. The summed E-state index contributed by atoms with van der Waals surface area (Å²) in [5, 5.41) is 14.7. The Morgan fingerprint density at radius 1 is 0.681 bits per heavy atom. The molecule has 0 unspecified atom stereocenters. The molecule has 1 aliphatic rings. The molecule has 0 bridgehead atoms. The maximum Gasteiger partial charge on any atom is 0.154 e. The molecule has 0 spiro atoms. The first kappa shape index (κ1) is 29.5. The van der Waals surface area contributed by atoms with Crippen LogP contribution in [0.15, 0.2) is 191 Å². The lowest BCUT2D eigenvalue weighted by Gasteiger charge is -2.15. The lowest BCUT2D eigenvalue weighted by atomic mass is 9.96. The third-order valence-corrected chi connectivity index (χ3v) is 8.20. The van der Waals surface area contributed by atoms with Gasteiger partial charge in [0.15, 0.2) is 5.84 Å². The number of anilines is 1. The summed E-state index contributed by atoms with van der Waals surface area (Å²) < 4.78 is 6.40. The summed E-state index contributed by atoms with van der Waals surface area (Å²) in [5.74, 6) is 0.752. The van der Waals surface area contributed by atoms with Gasteiger partial charge in [-0.1, -0.05) is 152 Å². The van der Waals surface area contributed by atoms with Crippen molar-refractivity contribution in [1.82, 2.24) is 0 Å². The van der Waals surface area contributed by atoms with Crippen LogP contribution in [-0.2, 0) is 0 Å². The Morgan fingerprint density at radius 2 is 1.34 bits per heavy atom. The van der Waals surface area contributed by atoms with Crippen molar-refractivity contribution in [1.29, 1.82) is 5.41 Å². The average molecular weight is 608 g/mol. The van der Waals surface area contributed by atoms with Gasteiger partial charge >= 0.3 is 0 Å². The van der Waals surface area contributed by atoms with Crippen LogP contribution in [0, 0.1) is 5.41 Å². The molecule has 4 heteroatoms. The van der Waals surface area contributed by atoms with Crippen molar-refractivity contribution in [2.45, 2.75) is 6.42 Å². The predicted octanol–water partition coefficient (Wildman–Crippen LogP) is 11.2. The zero-order chi connectivity index (χ0) is 32.0. The maximum atomic E-state index is 9.01. The van der Waals surface area contributed by atoms with E-state index in [2.05, 4.69) is 72.6 Å². The smallest absolute Gasteiger partial charge is 0.154 e. The van der Waals surface area contributed by atoms with Crippen LogP contribution in [0.1, 0.15) is 17.5 Å². The molecule has 0 radical (unpaired) electrons. The number of allylic oxidation sites excluding steroid dienone is 8. The molecule has 0 saturated carbocycles. The second-order valence-electron chi connectivity index (χ2n) is 11.3. The van der Waals surface area contributed by atoms with E-state index in [0.29, 0.717) is 12.3 Å². The Kier molecular flexibility index (Phi) is 8.39. The molecule has 226 valence electrons. The van der Waals surface area contributed by atoms with Gasteiger partial charge < -0.3 is 9.73 Å². The van der Waals surface area contributed by atoms with Crippen molar-refractivity contribution in [2.24, 2.45) is 4.99 Å². The molecular formula is C43H33N3O. The van der Waals surface area contributed by atoms with Crippen LogP contribution in [0.3, 0.4) is 0 Å². The molecule has 6 aromatic rings. The van der Waals surface area contributed by atoms with E-state index in [1.807, 2.05) is 103 Å². The molecule has 2 N–H and O–H groups in total. The fourth-order valence-electron chi connectivity index (χ4n) is 5.88. The van der Waals surface area contributed by atoms with Crippen molar-refractivity contribution in [3.05, 3.63) is 193 Å². The third kappa shape index (κ3) is 6.31. The molecule has 0 aliphatic heterocycles. The zero-order valence-electron chi connectivity index (χ0n) is 25.9. The van der Waals surface area contributed by atoms with Gasteiger partial charge in [0.1, 0.15) is 17.0 Å². The number of hydrogen-bond donors (Lipinski definition) is 2. The van der Waals surface area contributed by atoms with Crippen molar-refractivity contribution in [2.75, 3.05) is 5.32 Å². The number of aliphatic imine (C=N–C) groups is 1. The SMILES string of the molecule is C=C1/C=C\C=C/CC(/C(=N/C(=N)c2ccccc2)Nc2cccc3oc4cccc(-c5ccccc5)c4c23)=C\C=C/1c1ccccc1. The summed E-state index contributed by atoms with van der Waals surface area (Å²) >= 11 is 0. The summed E-state index contributed by atoms with van der Waals surface area (Å²) in [4.78, 5) is 4.95. The van der Waals surface area contributed by atoms with E-state index in [-0.39, 0.29) is 5.84 Å². The van der Waals surface area contributed by atoms with Crippen LogP contribution < -0.4 is 5.32 Å². The van der Waals surface area contributed by atoms with Crippen molar-refractivity contribution < 1.29 is 4.42 Å². The van der Waals surface area contributed by atoms with Gasteiger partial charge in [-0.25, -0.2) is 4.99 Å². The Morgan fingerprint density at radius 3 is 2.09 bits per heavy atom. The lowest BCUT2D eigenvalue weighted by molar-refractivity contribution is 0.669. The topological polar surface area (TPSA) is 61.4 Å². The van der Waals surface area contributed by atoms with E-state index >= 15 is 0 Å². The molecule has 47 heavy (non-hydrogen) atoms. The largest absolute Gasteiger partial charge is 0.456 e. The summed E-state index contributed by atoms with van der Waals surface area (Å²) in [6.07, 6.45) is 13.0. The minimum absolute atomic E-state index is 0.167. The Bertz CT molecular complexity index is 2250. The molecule has 0 saturated heterocycles. The molecule has 0 atom stereocenters. The van der Waals surface area contributed by atoms with E-state index in [0.717, 1.165) is 66.6 Å². The first-order chi connectivity index (χ1) is 23.2. The maximum absolute atomic E-state index is 9.01. The van der Waals surface area contributed by atoms with Gasteiger partial charge in [0, 0.05) is 10.9 Å². The molecule has 1 aliphatic carbocycles. The Labute approximate surface area is 274 Å².